The van der Waals surface area contributed by atoms with Crippen LogP contribution in [0.2, 0.25) is 0 Å². The van der Waals surface area contributed by atoms with Crippen LogP contribution < -0.4 is 0 Å². The summed E-state index contributed by atoms with van der Waals surface area (Å²) in [4.78, 5) is 0. The van der Waals surface area contributed by atoms with E-state index in [0.717, 1.165) is 0 Å². The highest BCUT2D eigenvalue weighted by molar-refractivity contribution is 6.29. The molecule has 0 amide bonds. The quantitative estimate of drug-likeness (QED) is 0.125. The van der Waals surface area contributed by atoms with Gasteiger partial charge >= 0.3 is 0 Å². The van der Waals surface area contributed by atoms with E-state index in [1.807, 2.05) is 0 Å². The molecule has 0 nitrogen and oxygen atoms in total. The van der Waals surface area contributed by atoms with Gasteiger partial charge in [-0.2, -0.15) is 0 Å². The minimum absolute atomic E-state index is 1.21. The Morgan fingerprint density at radius 3 is 1.16 bits per heavy atom. The molecule has 12 rings (SSSR count). The molecule has 0 saturated carbocycles. The van der Waals surface area contributed by atoms with Crippen molar-refractivity contribution in [3.8, 4) is 44.5 Å². The number of hydrogen-bond acceptors (Lipinski definition) is 0. The first-order valence-electron chi connectivity index (χ1n) is 20.2. The maximum atomic E-state index is 2.50. The van der Waals surface area contributed by atoms with Crippen molar-refractivity contribution in [3.63, 3.8) is 0 Å². The highest BCUT2D eigenvalue weighted by Crippen LogP contribution is 2.50. The summed E-state index contributed by atoms with van der Waals surface area (Å²) in [5.41, 5.74) is 9.99. The highest BCUT2D eigenvalue weighted by Gasteiger charge is 2.22. The van der Waals surface area contributed by atoms with Gasteiger partial charge in [0.25, 0.3) is 0 Å². The predicted octanol–water partition coefficient (Wildman–Crippen LogP) is 16.4. The van der Waals surface area contributed by atoms with Crippen molar-refractivity contribution in [2.75, 3.05) is 0 Å². The summed E-state index contributed by atoms with van der Waals surface area (Å²) in [5.74, 6) is 0. The Hall–Kier alpha value is -7.54. The van der Waals surface area contributed by atoms with Crippen molar-refractivity contribution in [1.82, 2.24) is 0 Å². The van der Waals surface area contributed by atoms with Crippen LogP contribution in [0.1, 0.15) is 0 Å². The summed E-state index contributed by atoms with van der Waals surface area (Å²) in [7, 11) is 0. The van der Waals surface area contributed by atoms with Gasteiger partial charge < -0.3 is 0 Å². The van der Waals surface area contributed by atoms with Crippen molar-refractivity contribution in [2.24, 2.45) is 0 Å². The smallest absolute Gasteiger partial charge is 0.00141 e. The fourth-order valence-electron chi connectivity index (χ4n) is 9.81. The van der Waals surface area contributed by atoms with Gasteiger partial charge in [0.1, 0.15) is 0 Å². The minimum Gasteiger partial charge on any atom is -0.0622 e. The Morgan fingerprint density at radius 1 is 0.172 bits per heavy atom. The van der Waals surface area contributed by atoms with E-state index in [4.69, 9.17) is 0 Å². The second kappa shape index (κ2) is 13.0. The van der Waals surface area contributed by atoms with Gasteiger partial charge in [-0.3, -0.25) is 0 Å². The van der Waals surface area contributed by atoms with Gasteiger partial charge in [0.2, 0.25) is 0 Å². The molecule has 12 aromatic rings. The molecular weight excluding hydrogens is 697 g/mol. The largest absolute Gasteiger partial charge is 0.0622 e. The molecule has 12 aromatic carbocycles. The van der Waals surface area contributed by atoms with Gasteiger partial charge in [-0.05, 0) is 138 Å². The molecule has 0 heteroatoms. The molecular formula is C58H36. The second-order valence-corrected chi connectivity index (χ2v) is 15.6. The molecule has 0 spiro atoms. The first-order valence-corrected chi connectivity index (χ1v) is 20.2. The fourth-order valence-corrected chi connectivity index (χ4v) is 9.81. The lowest BCUT2D eigenvalue weighted by molar-refractivity contribution is 1.66. The number of fused-ring (bicyclic) bond motifs is 8. The van der Waals surface area contributed by atoms with E-state index in [1.54, 1.807) is 0 Å². The van der Waals surface area contributed by atoms with Gasteiger partial charge in [0.15, 0.2) is 0 Å². The van der Waals surface area contributed by atoms with Crippen LogP contribution in [0.5, 0.6) is 0 Å². The average molecular weight is 733 g/mol. The third-order valence-electron chi connectivity index (χ3n) is 12.4. The number of hydrogen-bond donors (Lipinski definition) is 0. The summed E-state index contributed by atoms with van der Waals surface area (Å²) >= 11 is 0. The van der Waals surface area contributed by atoms with Crippen LogP contribution in [0.25, 0.3) is 120 Å². The molecule has 0 aliphatic heterocycles. The van der Waals surface area contributed by atoms with E-state index in [-0.39, 0.29) is 0 Å². The van der Waals surface area contributed by atoms with Gasteiger partial charge in [0.05, 0.1) is 0 Å². The third-order valence-corrected chi connectivity index (χ3v) is 12.4. The summed E-state index contributed by atoms with van der Waals surface area (Å²) in [6, 6.07) is 81.1. The zero-order valence-electron chi connectivity index (χ0n) is 31.8. The molecule has 0 unspecified atom stereocenters. The average Bonchev–Trinajstić information content (AvgIpc) is 3.29. The van der Waals surface area contributed by atoms with Crippen molar-refractivity contribution >= 4 is 75.4 Å². The molecule has 268 valence electrons. The van der Waals surface area contributed by atoms with Gasteiger partial charge in [-0.15, -0.1) is 0 Å². The van der Waals surface area contributed by atoms with Gasteiger partial charge in [-0.1, -0.05) is 200 Å². The van der Waals surface area contributed by atoms with Crippen molar-refractivity contribution in [3.05, 3.63) is 218 Å². The number of benzene rings is 12. The molecule has 0 bridgehead atoms. The van der Waals surface area contributed by atoms with Crippen LogP contribution in [0.3, 0.4) is 0 Å². The van der Waals surface area contributed by atoms with Crippen molar-refractivity contribution in [2.45, 2.75) is 0 Å². The molecule has 0 atom stereocenters. The molecule has 0 fully saturated rings. The van der Waals surface area contributed by atoms with E-state index >= 15 is 0 Å². The zero-order valence-corrected chi connectivity index (χ0v) is 31.8. The molecule has 0 N–H and O–H groups in total. The SMILES string of the molecule is c1ccc(-c2c3ccccc3c(-c3ccc4c(-c5ccc6ccccc6c5)c5c(ccc6ccccc65)c(-c5ccc6ccccc6c5)c4c3)c3ccccc23)cc1. The van der Waals surface area contributed by atoms with E-state index < -0.39 is 0 Å². The van der Waals surface area contributed by atoms with Crippen LogP contribution in [-0.2, 0) is 0 Å². The standard InChI is InChI=1S/C58H36/c1-2-17-40(18-3-1)54-47-22-10-12-24-49(47)55(50-25-13-11-23-48(50)54)45-31-32-51-53(36-45)56(43-28-26-37-14-4-6-19-41(37)34-43)52-33-30-39-16-8-9-21-46(39)58(52)57(51)44-29-27-38-15-5-7-20-42(38)35-44/h1-36H. The molecule has 0 heterocycles. The predicted molar refractivity (Wildman–Crippen MR) is 251 cm³/mol. The van der Waals surface area contributed by atoms with E-state index in [0.29, 0.717) is 0 Å². The maximum absolute atomic E-state index is 2.50. The molecule has 58 heavy (non-hydrogen) atoms. The van der Waals surface area contributed by atoms with Crippen LogP contribution >= 0.6 is 0 Å². The lowest BCUT2D eigenvalue weighted by atomic mass is 9.81. The Morgan fingerprint density at radius 2 is 0.552 bits per heavy atom. The van der Waals surface area contributed by atoms with Crippen molar-refractivity contribution < 1.29 is 0 Å². The van der Waals surface area contributed by atoms with Crippen LogP contribution in [0, 0.1) is 0 Å². The maximum Gasteiger partial charge on any atom is -0.00141 e. The Labute approximate surface area is 336 Å². The van der Waals surface area contributed by atoms with Gasteiger partial charge in [0, 0.05) is 0 Å². The summed E-state index contributed by atoms with van der Waals surface area (Å²) in [6.07, 6.45) is 0. The Balaban J connectivity index is 1.26. The molecule has 0 aromatic heterocycles. The van der Waals surface area contributed by atoms with Gasteiger partial charge in [-0.25, -0.2) is 0 Å². The molecule has 0 aliphatic carbocycles. The molecule has 0 radical (unpaired) electrons. The summed E-state index contributed by atoms with van der Waals surface area (Å²) < 4.78 is 0. The monoisotopic (exact) mass is 732 g/mol. The molecule has 0 saturated heterocycles. The second-order valence-electron chi connectivity index (χ2n) is 15.6. The zero-order chi connectivity index (χ0) is 38.2. The summed E-state index contributed by atoms with van der Waals surface area (Å²) in [5, 5.41) is 17.6. The van der Waals surface area contributed by atoms with E-state index in [1.165, 1.54) is 120 Å². The van der Waals surface area contributed by atoms with E-state index in [9.17, 15) is 0 Å². The Kier molecular flexibility index (Phi) is 7.33. The summed E-state index contributed by atoms with van der Waals surface area (Å²) in [6.45, 7) is 0. The van der Waals surface area contributed by atoms with Crippen molar-refractivity contribution in [1.29, 1.82) is 0 Å². The third kappa shape index (κ3) is 5.02. The Bertz CT molecular complexity index is 3550. The molecule has 0 aliphatic rings. The highest BCUT2D eigenvalue weighted by atomic mass is 14.2. The lowest BCUT2D eigenvalue weighted by Crippen LogP contribution is -1.94. The lowest BCUT2D eigenvalue weighted by Gasteiger charge is -2.22. The minimum atomic E-state index is 1.21. The topological polar surface area (TPSA) is 0 Å². The number of rotatable bonds is 4. The van der Waals surface area contributed by atoms with E-state index in [2.05, 4.69) is 218 Å². The van der Waals surface area contributed by atoms with Crippen LogP contribution in [-0.4, -0.2) is 0 Å². The normalized spacial score (nSPS) is 11.8. The van der Waals surface area contributed by atoms with Crippen LogP contribution in [0.4, 0.5) is 0 Å². The first kappa shape index (κ1) is 32.7. The fraction of sp³-hybridized carbons (Fsp3) is 0. The van der Waals surface area contributed by atoms with Crippen LogP contribution in [0.15, 0.2) is 218 Å². The first-order chi connectivity index (χ1) is 28.8.